The molecule has 3 aromatic rings. The van der Waals surface area contributed by atoms with Crippen molar-refractivity contribution in [3.63, 3.8) is 0 Å². The van der Waals surface area contributed by atoms with Gasteiger partial charge in [0.2, 0.25) is 0 Å². The number of esters is 1. The summed E-state index contributed by atoms with van der Waals surface area (Å²) in [5.41, 5.74) is 0.551. The normalized spacial score (nSPS) is 10.2. The molecule has 0 fully saturated rings. The predicted molar refractivity (Wildman–Crippen MR) is 99.2 cm³/mol. The van der Waals surface area contributed by atoms with E-state index in [1.807, 2.05) is 0 Å². The second-order valence-corrected chi connectivity index (χ2v) is 5.64. The minimum absolute atomic E-state index is 0.0420. The van der Waals surface area contributed by atoms with Gasteiger partial charge < -0.3 is 15.4 Å². The van der Waals surface area contributed by atoms with Gasteiger partial charge in [0.1, 0.15) is 23.0 Å². The van der Waals surface area contributed by atoms with Crippen molar-refractivity contribution in [2.75, 3.05) is 17.2 Å². The number of benzene rings is 2. The van der Waals surface area contributed by atoms with Gasteiger partial charge in [-0.25, -0.2) is 18.6 Å². The third kappa shape index (κ3) is 4.88. The SMILES string of the molecule is O=C(COC(=O)c1cccnc1Nc1ccccc1F)Nc1ccc(F)cc1. The Labute approximate surface area is 159 Å². The van der Waals surface area contributed by atoms with Gasteiger partial charge in [0.05, 0.1) is 5.69 Å². The zero-order valence-corrected chi connectivity index (χ0v) is 14.5. The van der Waals surface area contributed by atoms with Gasteiger partial charge in [-0.05, 0) is 48.5 Å². The van der Waals surface area contributed by atoms with Crippen molar-refractivity contribution in [1.82, 2.24) is 4.98 Å². The highest BCUT2D eigenvalue weighted by Gasteiger charge is 2.16. The molecule has 28 heavy (non-hydrogen) atoms. The van der Waals surface area contributed by atoms with E-state index in [0.717, 1.165) is 0 Å². The Morgan fingerprint density at radius 2 is 1.71 bits per heavy atom. The number of nitrogens with one attached hydrogen (secondary N) is 2. The number of nitrogens with zero attached hydrogens (tertiary/aromatic N) is 1. The van der Waals surface area contributed by atoms with Crippen LogP contribution in [-0.4, -0.2) is 23.5 Å². The van der Waals surface area contributed by atoms with E-state index in [-0.39, 0.29) is 17.1 Å². The van der Waals surface area contributed by atoms with E-state index in [2.05, 4.69) is 15.6 Å². The molecule has 0 radical (unpaired) electrons. The van der Waals surface area contributed by atoms with Crippen molar-refractivity contribution in [1.29, 1.82) is 0 Å². The number of hydrogen-bond donors (Lipinski definition) is 2. The Balaban J connectivity index is 1.63. The van der Waals surface area contributed by atoms with Crippen LogP contribution in [0.25, 0.3) is 0 Å². The van der Waals surface area contributed by atoms with Crippen LogP contribution >= 0.6 is 0 Å². The van der Waals surface area contributed by atoms with E-state index >= 15 is 0 Å². The quantitative estimate of drug-likeness (QED) is 0.631. The van der Waals surface area contributed by atoms with Crippen molar-refractivity contribution in [2.24, 2.45) is 0 Å². The first-order valence-electron chi connectivity index (χ1n) is 8.22. The molecule has 1 heterocycles. The number of hydrogen-bond acceptors (Lipinski definition) is 5. The molecule has 0 unspecified atom stereocenters. The molecular formula is C20H15F2N3O3. The molecule has 0 saturated heterocycles. The van der Waals surface area contributed by atoms with Crippen LogP contribution in [0.1, 0.15) is 10.4 Å². The van der Waals surface area contributed by atoms with E-state index < -0.39 is 30.1 Å². The summed E-state index contributed by atoms with van der Waals surface area (Å²) in [4.78, 5) is 28.2. The average molecular weight is 383 g/mol. The maximum absolute atomic E-state index is 13.8. The molecule has 3 rings (SSSR count). The first kappa shape index (κ1) is 19.0. The Hall–Kier alpha value is -3.81. The molecule has 0 aliphatic heterocycles. The topological polar surface area (TPSA) is 80.3 Å². The van der Waals surface area contributed by atoms with Crippen LogP contribution in [0.5, 0.6) is 0 Å². The molecule has 2 N–H and O–H groups in total. The zero-order chi connectivity index (χ0) is 19.9. The van der Waals surface area contributed by atoms with Crippen LogP contribution in [0.2, 0.25) is 0 Å². The Morgan fingerprint density at radius 1 is 0.964 bits per heavy atom. The Bertz CT molecular complexity index is 994. The summed E-state index contributed by atoms with van der Waals surface area (Å²) in [5.74, 6) is -2.24. The van der Waals surface area contributed by atoms with E-state index in [4.69, 9.17) is 4.74 Å². The van der Waals surface area contributed by atoms with Gasteiger partial charge >= 0.3 is 5.97 Å². The largest absolute Gasteiger partial charge is 0.452 e. The van der Waals surface area contributed by atoms with Crippen molar-refractivity contribution in [3.8, 4) is 0 Å². The van der Waals surface area contributed by atoms with E-state index in [9.17, 15) is 18.4 Å². The Morgan fingerprint density at radius 3 is 2.46 bits per heavy atom. The number of halogens is 2. The summed E-state index contributed by atoms with van der Waals surface area (Å²) in [6, 6.07) is 14.0. The van der Waals surface area contributed by atoms with Gasteiger partial charge in [-0.3, -0.25) is 4.79 Å². The standard InChI is InChI=1S/C20H15F2N3O3/c21-13-7-9-14(10-8-13)24-18(26)12-28-20(27)15-4-3-11-23-19(15)25-17-6-2-1-5-16(17)22/h1-11H,12H2,(H,23,25)(H,24,26). The minimum Gasteiger partial charge on any atom is -0.452 e. The average Bonchev–Trinajstić information content (AvgIpc) is 2.70. The van der Waals surface area contributed by atoms with Gasteiger partial charge in [-0.1, -0.05) is 12.1 Å². The molecule has 0 saturated carbocycles. The number of carbonyl (C=O) groups excluding carboxylic acids is 2. The molecule has 0 atom stereocenters. The number of rotatable bonds is 6. The molecular weight excluding hydrogens is 368 g/mol. The van der Waals surface area contributed by atoms with Crippen molar-refractivity contribution in [3.05, 3.63) is 84.1 Å². The molecule has 0 aliphatic carbocycles. The lowest BCUT2D eigenvalue weighted by Crippen LogP contribution is -2.21. The fraction of sp³-hybridized carbons (Fsp3) is 0.0500. The van der Waals surface area contributed by atoms with Crippen LogP contribution in [-0.2, 0) is 9.53 Å². The summed E-state index contributed by atoms with van der Waals surface area (Å²) in [6.45, 7) is -0.551. The first-order chi connectivity index (χ1) is 13.5. The molecule has 8 heteroatoms. The lowest BCUT2D eigenvalue weighted by molar-refractivity contribution is -0.119. The number of amides is 1. The van der Waals surface area contributed by atoms with Crippen LogP contribution in [0.4, 0.5) is 26.0 Å². The van der Waals surface area contributed by atoms with Crippen LogP contribution in [0.15, 0.2) is 66.9 Å². The molecule has 1 amide bonds. The Kier molecular flexibility index (Phi) is 5.91. The molecule has 0 bridgehead atoms. The van der Waals surface area contributed by atoms with Crippen molar-refractivity contribution in [2.45, 2.75) is 0 Å². The van der Waals surface area contributed by atoms with E-state index in [0.29, 0.717) is 5.69 Å². The third-order valence-corrected chi connectivity index (χ3v) is 3.62. The summed E-state index contributed by atoms with van der Waals surface area (Å²) in [5, 5.41) is 5.21. The van der Waals surface area contributed by atoms with Crippen LogP contribution in [0.3, 0.4) is 0 Å². The van der Waals surface area contributed by atoms with Crippen molar-refractivity contribution < 1.29 is 23.1 Å². The molecule has 142 valence electrons. The third-order valence-electron chi connectivity index (χ3n) is 3.62. The van der Waals surface area contributed by atoms with Gasteiger partial charge in [-0.2, -0.15) is 0 Å². The number of aromatic nitrogens is 1. The fourth-order valence-electron chi connectivity index (χ4n) is 2.30. The number of anilines is 3. The molecule has 6 nitrogen and oxygen atoms in total. The maximum Gasteiger partial charge on any atom is 0.342 e. The van der Waals surface area contributed by atoms with Gasteiger partial charge in [0.15, 0.2) is 6.61 Å². The highest BCUT2D eigenvalue weighted by atomic mass is 19.1. The molecule has 0 aliphatic rings. The second-order valence-electron chi connectivity index (χ2n) is 5.64. The van der Waals surface area contributed by atoms with Crippen LogP contribution < -0.4 is 10.6 Å². The highest BCUT2D eigenvalue weighted by molar-refractivity contribution is 5.98. The molecule has 2 aromatic carbocycles. The second kappa shape index (κ2) is 8.72. The molecule has 0 spiro atoms. The summed E-state index contributed by atoms with van der Waals surface area (Å²) in [7, 11) is 0. The molecule has 1 aromatic heterocycles. The number of pyridine rings is 1. The summed E-state index contributed by atoms with van der Waals surface area (Å²) in [6.07, 6.45) is 1.43. The monoisotopic (exact) mass is 383 g/mol. The summed E-state index contributed by atoms with van der Waals surface area (Å²) >= 11 is 0. The van der Waals surface area contributed by atoms with E-state index in [1.54, 1.807) is 6.07 Å². The van der Waals surface area contributed by atoms with Gasteiger partial charge in [-0.15, -0.1) is 0 Å². The first-order valence-corrected chi connectivity index (χ1v) is 8.22. The number of ether oxygens (including phenoxy) is 1. The number of carbonyl (C=O) groups is 2. The lowest BCUT2D eigenvalue weighted by Gasteiger charge is -2.11. The fourth-order valence-corrected chi connectivity index (χ4v) is 2.30. The van der Waals surface area contributed by atoms with Crippen molar-refractivity contribution >= 4 is 29.1 Å². The number of para-hydroxylation sites is 1. The lowest BCUT2D eigenvalue weighted by atomic mass is 10.2. The summed E-state index contributed by atoms with van der Waals surface area (Å²) < 4.78 is 31.7. The predicted octanol–water partition coefficient (Wildman–Crippen LogP) is 3.90. The highest BCUT2D eigenvalue weighted by Crippen LogP contribution is 2.21. The van der Waals surface area contributed by atoms with Crippen LogP contribution in [0, 0.1) is 11.6 Å². The minimum atomic E-state index is -0.804. The zero-order valence-electron chi connectivity index (χ0n) is 14.5. The van der Waals surface area contributed by atoms with E-state index in [1.165, 1.54) is 60.8 Å². The maximum atomic E-state index is 13.8. The smallest absolute Gasteiger partial charge is 0.342 e. The van der Waals surface area contributed by atoms with Gasteiger partial charge in [0, 0.05) is 11.9 Å². The van der Waals surface area contributed by atoms with Gasteiger partial charge in [0.25, 0.3) is 5.91 Å².